The first-order valence-corrected chi connectivity index (χ1v) is 9.54. The van der Waals surface area contributed by atoms with E-state index >= 15 is 0 Å². The molecule has 1 aliphatic rings. The Kier molecular flexibility index (Phi) is 6.58. The van der Waals surface area contributed by atoms with Crippen LogP contribution in [0.5, 0.6) is 11.5 Å². The van der Waals surface area contributed by atoms with Crippen LogP contribution in [0.4, 0.5) is 17.6 Å². The summed E-state index contributed by atoms with van der Waals surface area (Å²) in [6, 6.07) is 10.3. The van der Waals surface area contributed by atoms with E-state index in [-0.39, 0.29) is 22.7 Å². The lowest BCUT2D eigenvalue weighted by Gasteiger charge is -2.18. The highest BCUT2D eigenvalue weighted by atomic mass is 19.4. The molecule has 2 aromatic carbocycles. The number of aromatic nitrogens is 1. The Labute approximate surface area is 176 Å². The maximum absolute atomic E-state index is 13.8. The number of fused-ring (bicyclic) bond motifs is 1. The molecule has 0 bridgehead atoms. The number of carbonyl (C=O) groups is 1. The Balaban J connectivity index is 0.000000391. The minimum atomic E-state index is -4.61. The van der Waals surface area contributed by atoms with Gasteiger partial charge in [-0.15, -0.1) is 0 Å². The van der Waals surface area contributed by atoms with Gasteiger partial charge in [-0.1, -0.05) is 6.07 Å². The number of primary amides is 1. The molecule has 0 fully saturated rings. The molecule has 1 aromatic heterocycles. The van der Waals surface area contributed by atoms with Gasteiger partial charge in [-0.25, -0.2) is 4.39 Å². The van der Waals surface area contributed by atoms with Gasteiger partial charge < -0.3 is 10.5 Å². The third kappa shape index (κ3) is 5.02. The van der Waals surface area contributed by atoms with Crippen molar-refractivity contribution in [1.29, 1.82) is 0 Å². The number of halogens is 4. The normalized spacial score (nSPS) is 12.5. The number of hydrogen-bond donors (Lipinski definition) is 1. The molecular formula is C23H20F4N2O2. The fourth-order valence-electron chi connectivity index (χ4n) is 3.54. The summed E-state index contributed by atoms with van der Waals surface area (Å²) in [5.74, 6) is -1.09. The van der Waals surface area contributed by atoms with Crippen LogP contribution in [-0.2, 0) is 19.0 Å². The summed E-state index contributed by atoms with van der Waals surface area (Å²) in [7, 11) is 0. The van der Waals surface area contributed by atoms with Gasteiger partial charge >= 0.3 is 6.18 Å². The maximum atomic E-state index is 13.8. The molecule has 3 aromatic rings. The number of nitrogens with two attached hydrogens (primary N) is 1. The Morgan fingerprint density at radius 1 is 1.00 bits per heavy atom. The summed E-state index contributed by atoms with van der Waals surface area (Å²) >= 11 is 0. The SMILES string of the molecule is Cc1c(C(F)(F)F)ccc(Oc2ccc(F)c3c2CCC3)c1C(N)=O.c1ccncc1. The number of amides is 1. The molecule has 8 heteroatoms. The number of carbonyl (C=O) groups excluding carboxylic acids is 1. The molecule has 0 radical (unpaired) electrons. The van der Waals surface area contributed by atoms with Crippen LogP contribution in [0.2, 0.25) is 0 Å². The van der Waals surface area contributed by atoms with Gasteiger partial charge in [0.15, 0.2) is 0 Å². The van der Waals surface area contributed by atoms with Gasteiger partial charge in [0.25, 0.3) is 5.91 Å². The molecule has 162 valence electrons. The van der Waals surface area contributed by atoms with Gasteiger partial charge in [-0.2, -0.15) is 13.2 Å². The zero-order chi connectivity index (χ0) is 22.6. The van der Waals surface area contributed by atoms with Crippen LogP contribution in [0.3, 0.4) is 0 Å². The number of rotatable bonds is 3. The molecule has 1 heterocycles. The van der Waals surface area contributed by atoms with E-state index in [2.05, 4.69) is 4.98 Å². The monoisotopic (exact) mass is 432 g/mol. The number of ether oxygens (including phenoxy) is 1. The van der Waals surface area contributed by atoms with Crippen LogP contribution < -0.4 is 10.5 Å². The van der Waals surface area contributed by atoms with Crippen LogP contribution in [0.25, 0.3) is 0 Å². The van der Waals surface area contributed by atoms with Gasteiger partial charge in [0.2, 0.25) is 0 Å². The van der Waals surface area contributed by atoms with Crippen molar-refractivity contribution < 1.29 is 27.1 Å². The zero-order valence-corrected chi connectivity index (χ0v) is 16.7. The molecule has 0 unspecified atom stereocenters. The largest absolute Gasteiger partial charge is 0.456 e. The Bertz CT molecular complexity index is 1060. The van der Waals surface area contributed by atoms with Crippen molar-refractivity contribution in [3.05, 3.63) is 88.5 Å². The average Bonchev–Trinajstić information content (AvgIpc) is 3.22. The van der Waals surface area contributed by atoms with Gasteiger partial charge in [-0.05, 0) is 73.7 Å². The Hall–Kier alpha value is -3.42. The summed E-state index contributed by atoms with van der Waals surface area (Å²) in [5, 5.41) is 0. The highest BCUT2D eigenvalue weighted by Crippen LogP contribution is 2.40. The lowest BCUT2D eigenvalue weighted by Crippen LogP contribution is -2.18. The molecule has 0 spiro atoms. The summed E-state index contributed by atoms with van der Waals surface area (Å²) in [5.41, 5.74) is 4.92. The lowest BCUT2D eigenvalue weighted by atomic mass is 10.00. The second-order valence-electron chi connectivity index (χ2n) is 6.96. The predicted molar refractivity (Wildman–Crippen MR) is 107 cm³/mol. The summed E-state index contributed by atoms with van der Waals surface area (Å²) in [4.78, 5) is 15.5. The molecule has 31 heavy (non-hydrogen) atoms. The molecule has 1 aliphatic carbocycles. The fraction of sp³-hybridized carbons (Fsp3) is 0.217. The smallest absolute Gasteiger partial charge is 0.416 e. The van der Waals surface area contributed by atoms with Crippen molar-refractivity contribution in [2.75, 3.05) is 0 Å². The number of pyridine rings is 1. The third-order valence-electron chi connectivity index (χ3n) is 4.95. The van der Waals surface area contributed by atoms with E-state index in [0.717, 1.165) is 18.6 Å². The number of alkyl halides is 3. The van der Waals surface area contributed by atoms with Crippen molar-refractivity contribution in [3.8, 4) is 11.5 Å². The summed E-state index contributed by atoms with van der Waals surface area (Å²) in [6.07, 6.45) is 0.840. The highest BCUT2D eigenvalue weighted by Gasteiger charge is 2.35. The van der Waals surface area contributed by atoms with E-state index in [4.69, 9.17) is 10.5 Å². The maximum Gasteiger partial charge on any atom is 0.416 e. The molecule has 0 saturated carbocycles. The highest BCUT2D eigenvalue weighted by molar-refractivity contribution is 5.97. The standard InChI is InChI=1S/C18H15F4NO2.C5H5N/c1-9-12(18(20,21)22)5-7-15(16(9)17(23)24)25-14-8-6-13(19)10-3-2-4-11(10)14;1-2-4-6-5-3-1/h5-8H,2-4H2,1H3,(H2,23,24);1-5H. The van der Waals surface area contributed by atoms with E-state index in [0.29, 0.717) is 29.7 Å². The first kappa shape index (κ1) is 22.3. The second kappa shape index (κ2) is 9.16. The van der Waals surface area contributed by atoms with Crippen molar-refractivity contribution in [3.63, 3.8) is 0 Å². The van der Waals surface area contributed by atoms with Gasteiger partial charge in [-0.3, -0.25) is 9.78 Å². The Morgan fingerprint density at radius 2 is 1.65 bits per heavy atom. The van der Waals surface area contributed by atoms with Gasteiger partial charge in [0.1, 0.15) is 17.3 Å². The van der Waals surface area contributed by atoms with E-state index in [1.54, 1.807) is 12.4 Å². The van der Waals surface area contributed by atoms with Crippen LogP contribution in [-0.4, -0.2) is 10.9 Å². The average molecular weight is 432 g/mol. The summed E-state index contributed by atoms with van der Waals surface area (Å²) in [6.45, 7) is 1.17. The molecule has 2 N–H and O–H groups in total. The van der Waals surface area contributed by atoms with Crippen LogP contribution in [0.1, 0.15) is 39.0 Å². The molecular weight excluding hydrogens is 412 g/mol. The lowest BCUT2D eigenvalue weighted by molar-refractivity contribution is -0.138. The van der Waals surface area contributed by atoms with E-state index < -0.39 is 17.6 Å². The van der Waals surface area contributed by atoms with E-state index in [9.17, 15) is 22.4 Å². The second-order valence-corrected chi connectivity index (χ2v) is 6.96. The van der Waals surface area contributed by atoms with Crippen LogP contribution in [0, 0.1) is 12.7 Å². The quantitative estimate of drug-likeness (QED) is 0.547. The first-order chi connectivity index (χ1) is 14.7. The minimum Gasteiger partial charge on any atom is -0.456 e. The van der Waals surface area contributed by atoms with Crippen molar-refractivity contribution in [2.24, 2.45) is 5.73 Å². The number of benzene rings is 2. The minimum absolute atomic E-state index is 0.0706. The fourth-order valence-corrected chi connectivity index (χ4v) is 3.54. The molecule has 4 nitrogen and oxygen atoms in total. The van der Waals surface area contributed by atoms with Gasteiger partial charge in [0.05, 0.1) is 11.1 Å². The Morgan fingerprint density at radius 3 is 2.19 bits per heavy atom. The van der Waals surface area contributed by atoms with Crippen LogP contribution >= 0.6 is 0 Å². The molecule has 0 aliphatic heterocycles. The molecule has 0 atom stereocenters. The van der Waals surface area contributed by atoms with Gasteiger partial charge in [0, 0.05) is 18.0 Å². The van der Waals surface area contributed by atoms with Crippen molar-refractivity contribution >= 4 is 5.91 Å². The zero-order valence-electron chi connectivity index (χ0n) is 16.7. The molecule has 4 rings (SSSR count). The van der Waals surface area contributed by atoms with E-state index in [1.807, 2.05) is 18.2 Å². The topological polar surface area (TPSA) is 65.2 Å². The molecule has 1 amide bonds. The predicted octanol–water partition coefficient (Wildman–Crippen LogP) is 5.61. The first-order valence-electron chi connectivity index (χ1n) is 9.54. The molecule has 0 saturated heterocycles. The third-order valence-corrected chi connectivity index (χ3v) is 4.95. The van der Waals surface area contributed by atoms with Crippen molar-refractivity contribution in [2.45, 2.75) is 32.4 Å². The van der Waals surface area contributed by atoms with E-state index in [1.165, 1.54) is 19.1 Å². The van der Waals surface area contributed by atoms with Crippen LogP contribution in [0.15, 0.2) is 54.9 Å². The number of nitrogens with zero attached hydrogens (tertiary/aromatic N) is 1. The number of hydrogen-bond acceptors (Lipinski definition) is 3. The summed E-state index contributed by atoms with van der Waals surface area (Å²) < 4.78 is 58.6. The van der Waals surface area contributed by atoms with Crippen molar-refractivity contribution in [1.82, 2.24) is 4.98 Å².